The topological polar surface area (TPSA) is 58.2 Å². The Kier molecular flexibility index (Phi) is 6.02. The van der Waals surface area contributed by atoms with E-state index in [2.05, 4.69) is 10.6 Å². The van der Waals surface area contributed by atoms with Crippen molar-refractivity contribution in [1.82, 2.24) is 5.32 Å². The molecule has 0 aliphatic carbocycles. The van der Waals surface area contributed by atoms with Gasteiger partial charge in [-0.1, -0.05) is 24.6 Å². The Balaban J connectivity index is 2.66. The van der Waals surface area contributed by atoms with Crippen LogP contribution >= 0.6 is 11.6 Å². The molecule has 0 radical (unpaired) electrons. The van der Waals surface area contributed by atoms with E-state index < -0.39 is 0 Å². The highest BCUT2D eigenvalue weighted by Crippen LogP contribution is 2.27. The highest BCUT2D eigenvalue weighted by molar-refractivity contribution is 6.34. The number of amides is 2. The van der Waals surface area contributed by atoms with Gasteiger partial charge in [-0.05, 0) is 44.4 Å². The molecule has 2 N–H and O–H groups in total. The smallest absolute Gasteiger partial charge is 0.233 e. The lowest BCUT2D eigenvalue weighted by molar-refractivity contribution is -0.127. The molecule has 0 aliphatic rings. The molecule has 4 nitrogen and oxygen atoms in total. The van der Waals surface area contributed by atoms with Crippen molar-refractivity contribution in [1.29, 1.82) is 0 Å². The Morgan fingerprint density at radius 2 is 1.90 bits per heavy atom. The summed E-state index contributed by atoms with van der Waals surface area (Å²) >= 11 is 6.11. The zero-order chi connectivity index (χ0) is 15.3. The van der Waals surface area contributed by atoms with Crippen molar-refractivity contribution in [2.24, 2.45) is 0 Å². The van der Waals surface area contributed by atoms with Crippen molar-refractivity contribution in [2.45, 2.75) is 46.6 Å². The van der Waals surface area contributed by atoms with Crippen molar-refractivity contribution >= 4 is 29.1 Å². The number of hydrogen-bond donors (Lipinski definition) is 2. The van der Waals surface area contributed by atoms with Crippen LogP contribution in [0.3, 0.4) is 0 Å². The number of aryl methyl sites for hydroxylation is 2. The van der Waals surface area contributed by atoms with Gasteiger partial charge in [0.25, 0.3) is 0 Å². The van der Waals surface area contributed by atoms with E-state index in [1.165, 1.54) is 0 Å². The van der Waals surface area contributed by atoms with E-state index in [0.717, 1.165) is 17.5 Å². The monoisotopic (exact) mass is 296 g/mol. The Bertz CT molecular complexity index is 492. The maximum Gasteiger partial charge on any atom is 0.233 e. The van der Waals surface area contributed by atoms with Gasteiger partial charge in [0.05, 0.1) is 10.7 Å². The quantitative estimate of drug-likeness (QED) is 0.820. The average Bonchev–Trinajstić information content (AvgIpc) is 2.33. The number of nitrogens with one attached hydrogen (secondary N) is 2. The molecule has 0 saturated carbocycles. The van der Waals surface area contributed by atoms with E-state index in [9.17, 15) is 9.59 Å². The van der Waals surface area contributed by atoms with Crippen LogP contribution in [0.15, 0.2) is 12.1 Å². The third kappa shape index (κ3) is 4.85. The average molecular weight is 297 g/mol. The molecule has 0 heterocycles. The third-order valence-corrected chi connectivity index (χ3v) is 3.34. The summed E-state index contributed by atoms with van der Waals surface area (Å²) in [6.45, 7) is 7.68. The maximum atomic E-state index is 11.9. The summed E-state index contributed by atoms with van der Waals surface area (Å²) in [5.41, 5.74) is 2.48. The number of anilines is 1. The molecule has 1 unspecified atom stereocenters. The second-order valence-electron chi connectivity index (χ2n) is 5.04. The van der Waals surface area contributed by atoms with Crippen molar-refractivity contribution < 1.29 is 9.59 Å². The Hall–Kier alpha value is -1.55. The molecule has 2 amide bonds. The number of rotatable bonds is 5. The highest BCUT2D eigenvalue weighted by Gasteiger charge is 2.14. The number of carbonyl (C=O) groups is 2. The molecule has 1 atom stereocenters. The molecule has 1 aromatic carbocycles. The number of halogens is 1. The van der Waals surface area contributed by atoms with Crippen LogP contribution in [0, 0.1) is 13.8 Å². The van der Waals surface area contributed by atoms with Crippen LogP contribution in [-0.2, 0) is 9.59 Å². The number of carbonyl (C=O) groups excluding carboxylic acids is 2. The van der Waals surface area contributed by atoms with Gasteiger partial charge in [0, 0.05) is 6.04 Å². The molecule has 20 heavy (non-hydrogen) atoms. The summed E-state index contributed by atoms with van der Waals surface area (Å²) in [5, 5.41) is 5.93. The summed E-state index contributed by atoms with van der Waals surface area (Å²) in [4.78, 5) is 23.5. The first-order valence-corrected chi connectivity index (χ1v) is 7.07. The van der Waals surface area contributed by atoms with Crippen LogP contribution in [0.25, 0.3) is 0 Å². The first kappa shape index (κ1) is 16.5. The van der Waals surface area contributed by atoms with Crippen molar-refractivity contribution in [3.8, 4) is 0 Å². The van der Waals surface area contributed by atoms with Gasteiger partial charge in [-0.15, -0.1) is 0 Å². The van der Waals surface area contributed by atoms with Crippen LogP contribution in [0.4, 0.5) is 5.69 Å². The molecular weight excluding hydrogens is 276 g/mol. The van der Waals surface area contributed by atoms with Crippen molar-refractivity contribution in [2.75, 3.05) is 5.32 Å². The minimum absolute atomic E-state index is 0.0694. The second-order valence-corrected chi connectivity index (χ2v) is 5.45. The summed E-state index contributed by atoms with van der Waals surface area (Å²) in [6, 6.07) is 3.78. The minimum atomic E-state index is -0.361. The SMILES string of the molecule is CCC(C)NC(=O)CC(=O)Nc1c(C)cc(C)cc1Cl. The third-order valence-electron chi connectivity index (χ3n) is 3.04. The van der Waals surface area contributed by atoms with Gasteiger partial charge >= 0.3 is 0 Å². The fourth-order valence-electron chi connectivity index (χ4n) is 1.83. The van der Waals surface area contributed by atoms with E-state index >= 15 is 0 Å². The van der Waals surface area contributed by atoms with Gasteiger partial charge < -0.3 is 10.6 Å². The molecule has 0 bridgehead atoms. The molecule has 1 rings (SSSR count). The van der Waals surface area contributed by atoms with Crippen LogP contribution in [-0.4, -0.2) is 17.9 Å². The van der Waals surface area contributed by atoms with Crippen molar-refractivity contribution in [3.05, 3.63) is 28.3 Å². The maximum absolute atomic E-state index is 11.9. The van der Waals surface area contributed by atoms with Gasteiger partial charge in [0.2, 0.25) is 11.8 Å². The fraction of sp³-hybridized carbons (Fsp3) is 0.467. The van der Waals surface area contributed by atoms with E-state index in [1.807, 2.05) is 33.8 Å². The zero-order valence-electron chi connectivity index (χ0n) is 12.3. The predicted molar refractivity (Wildman–Crippen MR) is 82.1 cm³/mol. The lowest BCUT2D eigenvalue weighted by Gasteiger charge is -2.13. The van der Waals surface area contributed by atoms with Crippen LogP contribution < -0.4 is 10.6 Å². The van der Waals surface area contributed by atoms with Gasteiger partial charge in [0.1, 0.15) is 6.42 Å². The van der Waals surface area contributed by atoms with Crippen LogP contribution in [0.1, 0.15) is 37.8 Å². The van der Waals surface area contributed by atoms with Gasteiger partial charge in [-0.3, -0.25) is 9.59 Å². The van der Waals surface area contributed by atoms with Crippen LogP contribution in [0.2, 0.25) is 5.02 Å². The molecular formula is C15H21ClN2O2. The van der Waals surface area contributed by atoms with E-state index in [0.29, 0.717) is 10.7 Å². The first-order chi connectivity index (χ1) is 9.33. The molecule has 0 fully saturated rings. The van der Waals surface area contributed by atoms with Crippen molar-refractivity contribution in [3.63, 3.8) is 0 Å². The number of benzene rings is 1. The van der Waals surface area contributed by atoms with E-state index in [-0.39, 0.29) is 24.3 Å². The summed E-state index contributed by atoms with van der Waals surface area (Å²) in [6.07, 6.45) is 0.629. The molecule has 5 heteroatoms. The Labute approximate surface area is 124 Å². The van der Waals surface area contributed by atoms with Gasteiger partial charge in [0.15, 0.2) is 0 Å². The molecule has 1 aromatic rings. The van der Waals surface area contributed by atoms with Gasteiger partial charge in [-0.25, -0.2) is 0 Å². The normalized spacial score (nSPS) is 11.8. The van der Waals surface area contributed by atoms with Crippen LogP contribution in [0.5, 0.6) is 0 Å². The molecule has 0 saturated heterocycles. The van der Waals surface area contributed by atoms with E-state index in [4.69, 9.17) is 11.6 Å². The van der Waals surface area contributed by atoms with E-state index in [1.54, 1.807) is 6.07 Å². The highest BCUT2D eigenvalue weighted by atomic mass is 35.5. The molecule has 0 aliphatic heterocycles. The Morgan fingerprint density at radius 1 is 1.25 bits per heavy atom. The zero-order valence-corrected chi connectivity index (χ0v) is 13.1. The fourth-order valence-corrected chi connectivity index (χ4v) is 2.20. The lowest BCUT2D eigenvalue weighted by Crippen LogP contribution is -2.34. The standard InChI is InChI=1S/C15H21ClN2O2/c1-5-11(4)17-13(19)8-14(20)18-15-10(3)6-9(2)7-12(15)16/h6-7,11H,5,8H2,1-4H3,(H,17,19)(H,18,20). The first-order valence-electron chi connectivity index (χ1n) is 6.69. The van der Waals surface area contributed by atoms with Gasteiger partial charge in [-0.2, -0.15) is 0 Å². The summed E-state index contributed by atoms with van der Waals surface area (Å²) in [7, 11) is 0. The largest absolute Gasteiger partial charge is 0.353 e. The minimum Gasteiger partial charge on any atom is -0.353 e. The Morgan fingerprint density at radius 3 is 2.45 bits per heavy atom. The second kappa shape index (κ2) is 7.29. The lowest BCUT2D eigenvalue weighted by atomic mass is 10.1. The predicted octanol–water partition coefficient (Wildman–Crippen LogP) is 3.20. The molecule has 0 spiro atoms. The summed E-state index contributed by atoms with van der Waals surface area (Å²) < 4.78 is 0. The number of hydrogen-bond acceptors (Lipinski definition) is 2. The molecule has 110 valence electrons. The molecule has 0 aromatic heterocycles. The summed E-state index contributed by atoms with van der Waals surface area (Å²) in [5.74, 6) is -0.641.